The minimum Gasteiger partial charge on any atom is -0.612 e. The molecule has 1 aliphatic rings. The molecule has 3 aromatic carbocycles. The van der Waals surface area contributed by atoms with Gasteiger partial charge in [-0.05, 0) is 72.9 Å². The Labute approximate surface area is 257 Å². The number of aromatic nitrogens is 3. The molecule has 228 valence electrons. The predicted molar refractivity (Wildman–Crippen MR) is 159 cm³/mol. The zero-order chi connectivity index (χ0) is 31.3. The summed E-state index contributed by atoms with van der Waals surface area (Å²) in [6, 6.07) is 8.57. The van der Waals surface area contributed by atoms with Gasteiger partial charge < -0.3 is 29.1 Å². The number of H-pyrrole nitrogens is 2. The zero-order valence-corrected chi connectivity index (χ0v) is 25.0. The van der Waals surface area contributed by atoms with Crippen LogP contribution in [0.4, 0.5) is 13.2 Å². The summed E-state index contributed by atoms with van der Waals surface area (Å²) in [5.41, 5.74) is 1.10. The smallest absolute Gasteiger partial charge is 0.303 e. The van der Waals surface area contributed by atoms with Crippen LogP contribution in [0.25, 0.3) is 22.3 Å². The van der Waals surface area contributed by atoms with E-state index in [4.69, 9.17) is 26.1 Å². The molecule has 6 rings (SSSR count). The molecule has 0 aliphatic carbocycles. The number of imidazole rings is 1. The highest BCUT2D eigenvalue weighted by Crippen LogP contribution is 2.47. The molecular weight excluding hydrogens is 619 g/mol. The number of benzene rings is 3. The number of ether oxygens (including phenoxy) is 2. The first-order valence-corrected chi connectivity index (χ1v) is 15.4. The molecule has 0 amide bonds. The molecule has 44 heavy (non-hydrogen) atoms. The first-order valence-electron chi connectivity index (χ1n) is 13.5. The fraction of sp³-hybridized carbons (Fsp3) is 0.226. The van der Waals surface area contributed by atoms with Crippen molar-refractivity contribution in [2.45, 2.75) is 36.5 Å². The Balaban J connectivity index is 1.37. The third kappa shape index (κ3) is 5.16. The van der Waals surface area contributed by atoms with Gasteiger partial charge in [0.15, 0.2) is 5.82 Å². The molecule has 1 aliphatic heterocycles. The number of hydrogen-bond donors (Lipinski definition) is 3. The molecule has 2 atom stereocenters. The highest BCUT2D eigenvalue weighted by molar-refractivity contribution is 7.91. The highest BCUT2D eigenvalue weighted by Gasteiger charge is 2.39. The number of aliphatic carboxylic acids is 1. The molecule has 0 saturated heterocycles. The Kier molecular flexibility index (Phi) is 7.76. The van der Waals surface area contributed by atoms with Crippen molar-refractivity contribution in [3.63, 3.8) is 0 Å². The maximum atomic E-state index is 15.2. The van der Waals surface area contributed by atoms with E-state index in [0.717, 1.165) is 11.6 Å². The summed E-state index contributed by atoms with van der Waals surface area (Å²) in [5, 5.41) is 9.80. The molecule has 8 nitrogen and oxygen atoms in total. The molecule has 13 heteroatoms. The first-order chi connectivity index (χ1) is 21.0. The van der Waals surface area contributed by atoms with Crippen LogP contribution in [0.3, 0.4) is 0 Å². The molecule has 0 unspecified atom stereocenters. The van der Waals surface area contributed by atoms with Gasteiger partial charge in [0.05, 0.1) is 28.8 Å². The number of nitrogens with zero attached hydrogens (tertiary/aromatic N) is 1. The van der Waals surface area contributed by atoms with Crippen LogP contribution in [-0.2, 0) is 27.8 Å². The van der Waals surface area contributed by atoms with Gasteiger partial charge in [0.1, 0.15) is 29.4 Å². The monoisotopic (exact) mass is 643 g/mol. The molecule has 0 radical (unpaired) electrons. The number of aryl methyl sites for hydroxylation is 1. The number of carbonyl (C=O) groups is 1. The maximum absolute atomic E-state index is 15.2. The second-order valence-electron chi connectivity index (χ2n) is 10.7. The molecule has 3 heterocycles. The standard InChI is InChI=1S/C31H25ClF3N3O5S/c1-31(8-10-42-27-15(3-6-23(39)40)11-16(32)12-20(27)31)22-14-37-30(38-22)19-13-17(4-5-21(19)33)43-28-25(35)24(34)26-18(7-9-36-26)29(28)44(2)41/h4-5,7,9,11-14,36H,3,6,8,10H2,1-2H3,(H,37,38)(H,39,40)/t31-,44-/m1/s1. The van der Waals surface area contributed by atoms with E-state index in [1.807, 2.05) is 6.92 Å². The Morgan fingerprint density at radius 1 is 1.20 bits per heavy atom. The predicted octanol–water partition coefficient (Wildman–Crippen LogP) is 7.26. The normalized spacial score (nSPS) is 16.9. The van der Waals surface area contributed by atoms with Crippen molar-refractivity contribution in [2.75, 3.05) is 12.9 Å². The van der Waals surface area contributed by atoms with Crippen LogP contribution in [0.1, 0.15) is 36.6 Å². The number of fused-ring (bicyclic) bond motifs is 2. The van der Waals surface area contributed by atoms with E-state index >= 15 is 8.78 Å². The Morgan fingerprint density at radius 2 is 2.00 bits per heavy atom. The van der Waals surface area contributed by atoms with Gasteiger partial charge >= 0.3 is 5.97 Å². The average Bonchev–Trinajstić information content (AvgIpc) is 3.67. The minimum absolute atomic E-state index is 0.000600. The number of carboxylic acid groups (broad SMARTS) is 1. The van der Waals surface area contributed by atoms with E-state index in [1.54, 1.807) is 18.3 Å². The second-order valence-corrected chi connectivity index (χ2v) is 12.4. The molecule has 0 fully saturated rings. The maximum Gasteiger partial charge on any atom is 0.303 e. The number of aromatic amines is 2. The lowest BCUT2D eigenvalue weighted by Gasteiger charge is -2.35. The quantitative estimate of drug-likeness (QED) is 0.153. The number of carboxylic acids is 1. The fourth-order valence-electron chi connectivity index (χ4n) is 5.57. The van der Waals surface area contributed by atoms with Crippen molar-refractivity contribution in [2.24, 2.45) is 0 Å². The second kappa shape index (κ2) is 11.4. The molecule has 0 spiro atoms. The van der Waals surface area contributed by atoms with E-state index in [0.29, 0.717) is 35.1 Å². The summed E-state index contributed by atoms with van der Waals surface area (Å²) in [4.78, 5) is 21.5. The molecule has 3 N–H and O–H groups in total. The summed E-state index contributed by atoms with van der Waals surface area (Å²) in [6.07, 6.45) is 5.01. The van der Waals surface area contributed by atoms with Crippen molar-refractivity contribution < 1.29 is 37.1 Å². The Bertz CT molecular complexity index is 1930. The minimum atomic E-state index is -1.75. The third-order valence-electron chi connectivity index (χ3n) is 7.83. The summed E-state index contributed by atoms with van der Waals surface area (Å²) in [7, 11) is 0. The Hall–Kier alpha value is -4.13. The van der Waals surface area contributed by atoms with Crippen molar-refractivity contribution in [1.29, 1.82) is 0 Å². The van der Waals surface area contributed by atoms with Gasteiger partial charge in [-0.15, -0.1) is 0 Å². The van der Waals surface area contributed by atoms with Crippen LogP contribution in [0.15, 0.2) is 53.7 Å². The van der Waals surface area contributed by atoms with Crippen molar-refractivity contribution in [3.8, 4) is 28.6 Å². The lowest BCUT2D eigenvalue weighted by atomic mass is 9.74. The van der Waals surface area contributed by atoms with E-state index in [-0.39, 0.29) is 45.8 Å². The number of halogens is 4. The fourth-order valence-corrected chi connectivity index (χ4v) is 6.69. The van der Waals surface area contributed by atoms with Crippen molar-refractivity contribution in [3.05, 3.63) is 88.1 Å². The van der Waals surface area contributed by atoms with E-state index in [1.165, 1.54) is 30.7 Å². The number of nitrogens with one attached hydrogen (secondary N) is 2. The van der Waals surface area contributed by atoms with Crippen LogP contribution in [0.2, 0.25) is 5.02 Å². The number of hydrogen-bond acceptors (Lipinski definition) is 5. The van der Waals surface area contributed by atoms with Crippen LogP contribution >= 0.6 is 11.6 Å². The van der Waals surface area contributed by atoms with Gasteiger partial charge in [-0.25, -0.2) is 13.8 Å². The van der Waals surface area contributed by atoms with Gasteiger partial charge in [-0.1, -0.05) is 11.6 Å². The SMILES string of the molecule is C[S@@+]([O-])c1c(Oc2ccc(F)c(-c3nc([C@]4(C)CCOc5c(CCC(=O)O)cc(Cl)cc54)c[nH]3)c2)c(F)c(F)c2[nH]ccc12. The summed E-state index contributed by atoms with van der Waals surface area (Å²) in [6.45, 7) is 2.28. The van der Waals surface area contributed by atoms with E-state index in [9.17, 15) is 18.8 Å². The average molecular weight is 644 g/mol. The molecular formula is C31H25ClF3N3O5S. The van der Waals surface area contributed by atoms with Gasteiger partial charge in [-0.2, -0.15) is 4.39 Å². The highest BCUT2D eigenvalue weighted by atomic mass is 35.5. The van der Waals surface area contributed by atoms with Gasteiger partial charge in [-0.3, -0.25) is 4.79 Å². The topological polar surface area (TPSA) is 123 Å². The lowest BCUT2D eigenvalue weighted by Crippen LogP contribution is -2.32. The van der Waals surface area contributed by atoms with Crippen molar-refractivity contribution >= 4 is 39.6 Å². The van der Waals surface area contributed by atoms with Crippen LogP contribution in [0.5, 0.6) is 17.2 Å². The van der Waals surface area contributed by atoms with E-state index in [2.05, 4.69) is 9.97 Å². The lowest BCUT2D eigenvalue weighted by molar-refractivity contribution is -0.136. The zero-order valence-electron chi connectivity index (χ0n) is 23.4. The van der Waals surface area contributed by atoms with Crippen LogP contribution in [-0.4, -0.2) is 43.4 Å². The number of rotatable bonds is 8. The van der Waals surface area contributed by atoms with Gasteiger partial charge in [0, 0.05) is 34.8 Å². The molecule has 0 bridgehead atoms. The van der Waals surface area contributed by atoms with Crippen LogP contribution < -0.4 is 9.47 Å². The van der Waals surface area contributed by atoms with Crippen molar-refractivity contribution in [1.82, 2.24) is 15.0 Å². The third-order valence-corrected chi connectivity index (χ3v) is 9.03. The Morgan fingerprint density at radius 3 is 2.75 bits per heavy atom. The largest absolute Gasteiger partial charge is 0.612 e. The summed E-state index contributed by atoms with van der Waals surface area (Å²) < 4.78 is 69.4. The molecule has 0 saturated carbocycles. The van der Waals surface area contributed by atoms with Crippen LogP contribution in [0, 0.1) is 17.5 Å². The van der Waals surface area contributed by atoms with E-state index < -0.39 is 45.8 Å². The summed E-state index contributed by atoms with van der Waals surface area (Å²) >= 11 is 4.67. The van der Waals surface area contributed by atoms with Gasteiger partial charge in [0.25, 0.3) is 0 Å². The van der Waals surface area contributed by atoms with Gasteiger partial charge in [0.2, 0.25) is 16.5 Å². The first kappa shape index (κ1) is 29.9. The summed E-state index contributed by atoms with van der Waals surface area (Å²) in [5.74, 6) is -4.01. The molecule has 5 aromatic rings. The molecule has 2 aromatic heterocycles.